The highest BCUT2D eigenvalue weighted by Gasteiger charge is 2.23. The minimum absolute atomic E-state index is 0.191. The number of hydrogen-bond acceptors (Lipinski definition) is 3. The largest absolute Gasteiger partial charge is 0.379 e. The fourth-order valence-corrected chi connectivity index (χ4v) is 2.28. The quantitative estimate of drug-likeness (QED) is 0.683. The Bertz CT molecular complexity index is 236. The molecule has 0 radical (unpaired) electrons. The van der Waals surface area contributed by atoms with Gasteiger partial charge in [0.15, 0.2) is 0 Å². The summed E-state index contributed by atoms with van der Waals surface area (Å²) in [6.45, 7) is 5.62. The Hall–Kier alpha value is -0.610. The first-order valence-electron chi connectivity index (χ1n) is 7.24. The zero-order valence-electron chi connectivity index (χ0n) is 11.8. The summed E-state index contributed by atoms with van der Waals surface area (Å²) in [5, 5.41) is 3.02. The second-order valence-electron chi connectivity index (χ2n) is 5.53. The van der Waals surface area contributed by atoms with E-state index in [9.17, 15) is 4.79 Å². The molecule has 1 amide bonds. The Balaban J connectivity index is 2.00. The second-order valence-corrected chi connectivity index (χ2v) is 5.53. The molecule has 0 unspecified atom stereocenters. The van der Waals surface area contributed by atoms with Crippen LogP contribution in [-0.2, 0) is 9.53 Å². The van der Waals surface area contributed by atoms with Gasteiger partial charge in [0, 0.05) is 25.1 Å². The summed E-state index contributed by atoms with van der Waals surface area (Å²) in [4.78, 5) is 11.9. The van der Waals surface area contributed by atoms with Crippen LogP contribution in [0.25, 0.3) is 0 Å². The molecule has 0 aliphatic heterocycles. The minimum Gasteiger partial charge on any atom is -0.379 e. The number of nitrogens with two attached hydrogens (primary N) is 1. The van der Waals surface area contributed by atoms with E-state index in [1.807, 2.05) is 13.8 Å². The van der Waals surface area contributed by atoms with Crippen molar-refractivity contribution in [2.75, 3.05) is 13.2 Å². The van der Waals surface area contributed by atoms with Gasteiger partial charge < -0.3 is 15.8 Å². The zero-order chi connectivity index (χ0) is 13.4. The number of carbonyl (C=O) groups excluding carboxylic acids is 1. The second kappa shape index (κ2) is 8.48. The van der Waals surface area contributed by atoms with Crippen LogP contribution in [0.2, 0.25) is 0 Å². The third kappa shape index (κ3) is 6.36. The average molecular weight is 256 g/mol. The molecule has 0 saturated heterocycles. The highest BCUT2D eigenvalue weighted by atomic mass is 16.5. The van der Waals surface area contributed by atoms with E-state index in [1.54, 1.807) is 0 Å². The molecule has 1 saturated carbocycles. The summed E-state index contributed by atoms with van der Waals surface area (Å²) >= 11 is 0. The van der Waals surface area contributed by atoms with Crippen molar-refractivity contribution in [3.63, 3.8) is 0 Å². The molecule has 1 fully saturated rings. The molecule has 0 aromatic heterocycles. The lowest BCUT2D eigenvalue weighted by atomic mass is 9.86. The maximum Gasteiger partial charge on any atom is 0.223 e. The number of nitrogens with one attached hydrogen (secondary N) is 1. The number of hydrogen-bond donors (Lipinski definition) is 2. The lowest BCUT2D eigenvalue weighted by Gasteiger charge is -2.25. The molecule has 0 spiro atoms. The van der Waals surface area contributed by atoms with Crippen molar-refractivity contribution in [3.05, 3.63) is 0 Å². The third-order valence-electron chi connectivity index (χ3n) is 3.46. The summed E-state index contributed by atoms with van der Waals surface area (Å²) in [7, 11) is 0. The van der Waals surface area contributed by atoms with E-state index in [0.29, 0.717) is 12.1 Å². The van der Waals surface area contributed by atoms with E-state index in [2.05, 4.69) is 5.32 Å². The summed E-state index contributed by atoms with van der Waals surface area (Å²) in [5.41, 5.74) is 5.83. The number of carbonyl (C=O) groups is 1. The van der Waals surface area contributed by atoms with E-state index >= 15 is 0 Å². The predicted octanol–water partition coefficient (Wildman–Crippen LogP) is 1.83. The van der Waals surface area contributed by atoms with Gasteiger partial charge in [0.25, 0.3) is 0 Å². The molecular weight excluding hydrogens is 228 g/mol. The van der Waals surface area contributed by atoms with Crippen molar-refractivity contribution in [2.24, 2.45) is 11.7 Å². The Morgan fingerprint density at radius 3 is 2.56 bits per heavy atom. The van der Waals surface area contributed by atoms with Gasteiger partial charge in [0.2, 0.25) is 5.91 Å². The topological polar surface area (TPSA) is 64.3 Å². The summed E-state index contributed by atoms with van der Waals surface area (Å²) < 4.78 is 5.45. The van der Waals surface area contributed by atoms with Gasteiger partial charge >= 0.3 is 0 Å². The van der Waals surface area contributed by atoms with Gasteiger partial charge in [-0.1, -0.05) is 0 Å². The molecule has 106 valence electrons. The first kappa shape index (κ1) is 15.4. The molecule has 0 heterocycles. The van der Waals surface area contributed by atoms with Crippen molar-refractivity contribution in [2.45, 2.75) is 64.5 Å². The molecule has 18 heavy (non-hydrogen) atoms. The zero-order valence-corrected chi connectivity index (χ0v) is 11.8. The molecule has 4 nitrogen and oxygen atoms in total. The Morgan fingerprint density at radius 1 is 1.28 bits per heavy atom. The van der Waals surface area contributed by atoms with Gasteiger partial charge in [-0.25, -0.2) is 0 Å². The van der Waals surface area contributed by atoms with Crippen LogP contribution < -0.4 is 11.1 Å². The van der Waals surface area contributed by atoms with Gasteiger partial charge in [-0.3, -0.25) is 4.79 Å². The van der Waals surface area contributed by atoms with Gasteiger partial charge in [0.1, 0.15) is 0 Å². The molecule has 0 bridgehead atoms. The van der Waals surface area contributed by atoms with Crippen molar-refractivity contribution in [1.82, 2.24) is 5.32 Å². The van der Waals surface area contributed by atoms with Crippen LogP contribution >= 0.6 is 0 Å². The molecule has 3 N–H and O–H groups in total. The van der Waals surface area contributed by atoms with Crippen LogP contribution in [0, 0.1) is 5.92 Å². The van der Waals surface area contributed by atoms with Crippen molar-refractivity contribution in [1.29, 1.82) is 0 Å². The number of ether oxygens (including phenoxy) is 1. The van der Waals surface area contributed by atoms with Crippen LogP contribution in [0.4, 0.5) is 0 Å². The number of amides is 1. The van der Waals surface area contributed by atoms with Crippen molar-refractivity contribution < 1.29 is 9.53 Å². The molecule has 0 aromatic carbocycles. The average Bonchev–Trinajstić information content (AvgIpc) is 2.34. The van der Waals surface area contributed by atoms with Crippen molar-refractivity contribution in [3.8, 4) is 0 Å². The highest BCUT2D eigenvalue weighted by molar-refractivity contribution is 5.78. The summed E-state index contributed by atoms with van der Waals surface area (Å²) in [5.74, 6) is 0.406. The Labute approximate surface area is 111 Å². The van der Waals surface area contributed by atoms with Gasteiger partial charge in [-0.15, -0.1) is 0 Å². The van der Waals surface area contributed by atoms with Gasteiger partial charge in [0.05, 0.1) is 6.10 Å². The first-order valence-corrected chi connectivity index (χ1v) is 7.24. The lowest BCUT2D eigenvalue weighted by Crippen LogP contribution is -2.36. The highest BCUT2D eigenvalue weighted by Crippen LogP contribution is 2.23. The molecular formula is C14H28N2O2. The SMILES string of the molecule is CC(C)OCCCCNC(=O)C1CCC(N)CC1. The van der Waals surface area contributed by atoms with Crippen LogP contribution in [0.15, 0.2) is 0 Å². The predicted molar refractivity (Wildman–Crippen MR) is 73.3 cm³/mol. The molecule has 1 rings (SSSR count). The fraction of sp³-hybridized carbons (Fsp3) is 0.929. The molecule has 0 atom stereocenters. The van der Waals surface area contributed by atoms with E-state index < -0.39 is 0 Å². The van der Waals surface area contributed by atoms with Crippen molar-refractivity contribution >= 4 is 5.91 Å². The standard InChI is InChI=1S/C14H28N2O2/c1-11(2)18-10-4-3-9-16-14(17)12-5-7-13(15)8-6-12/h11-13H,3-10,15H2,1-2H3,(H,16,17). The number of rotatable bonds is 7. The molecule has 1 aliphatic rings. The van der Waals surface area contributed by atoms with Crippen LogP contribution in [-0.4, -0.2) is 31.2 Å². The molecule has 0 aromatic rings. The minimum atomic E-state index is 0.191. The Kier molecular flexibility index (Phi) is 7.28. The van der Waals surface area contributed by atoms with Crippen LogP contribution in [0.5, 0.6) is 0 Å². The van der Waals surface area contributed by atoms with Crippen LogP contribution in [0.1, 0.15) is 52.4 Å². The third-order valence-corrected chi connectivity index (χ3v) is 3.46. The smallest absolute Gasteiger partial charge is 0.223 e. The maximum atomic E-state index is 11.9. The van der Waals surface area contributed by atoms with Gasteiger partial charge in [-0.05, 0) is 52.4 Å². The summed E-state index contributed by atoms with van der Waals surface area (Å²) in [6, 6.07) is 0.308. The van der Waals surface area contributed by atoms with E-state index in [4.69, 9.17) is 10.5 Å². The Morgan fingerprint density at radius 2 is 1.94 bits per heavy atom. The van der Waals surface area contributed by atoms with E-state index in [-0.39, 0.29) is 11.8 Å². The van der Waals surface area contributed by atoms with E-state index in [0.717, 1.165) is 51.7 Å². The van der Waals surface area contributed by atoms with E-state index in [1.165, 1.54) is 0 Å². The normalized spacial score (nSPS) is 24.2. The molecule has 4 heteroatoms. The summed E-state index contributed by atoms with van der Waals surface area (Å²) in [6.07, 6.45) is 6.16. The first-order chi connectivity index (χ1) is 8.59. The molecule has 1 aliphatic carbocycles. The van der Waals surface area contributed by atoms with Crippen LogP contribution in [0.3, 0.4) is 0 Å². The van der Waals surface area contributed by atoms with Gasteiger partial charge in [-0.2, -0.15) is 0 Å². The monoisotopic (exact) mass is 256 g/mol. The maximum absolute atomic E-state index is 11.9. The fourth-order valence-electron chi connectivity index (χ4n) is 2.28. The lowest BCUT2D eigenvalue weighted by molar-refractivity contribution is -0.126. The number of unbranched alkanes of at least 4 members (excludes halogenated alkanes) is 1.